The van der Waals surface area contributed by atoms with Gasteiger partial charge in [0.05, 0.1) is 12.0 Å². The van der Waals surface area contributed by atoms with E-state index in [1.54, 1.807) is 7.11 Å². The van der Waals surface area contributed by atoms with Crippen molar-refractivity contribution < 1.29 is 9.53 Å². The number of methoxy groups -OCH3 is 1. The molecule has 0 aromatic heterocycles. The molecule has 0 saturated carbocycles. The van der Waals surface area contributed by atoms with Crippen LogP contribution in [0.2, 0.25) is 0 Å². The summed E-state index contributed by atoms with van der Waals surface area (Å²) >= 11 is 0. The van der Waals surface area contributed by atoms with Gasteiger partial charge in [0.25, 0.3) is 0 Å². The molecule has 0 aliphatic heterocycles. The van der Waals surface area contributed by atoms with Crippen LogP contribution in [0.5, 0.6) is 0 Å². The first kappa shape index (κ1) is 22.6. The Labute approximate surface area is 145 Å². The van der Waals surface area contributed by atoms with E-state index in [0.717, 1.165) is 38.5 Å². The van der Waals surface area contributed by atoms with Crippen molar-refractivity contribution in [3.63, 3.8) is 0 Å². The molecule has 0 unspecified atom stereocenters. The third-order valence-electron chi connectivity index (χ3n) is 4.92. The number of Topliss-reactive ketones (excluding diaryl/α,β-unsaturated/α-hetero) is 1. The zero-order valence-corrected chi connectivity index (χ0v) is 16.7. The highest BCUT2D eigenvalue weighted by Crippen LogP contribution is 2.36. The molecule has 0 bridgehead atoms. The van der Waals surface area contributed by atoms with Gasteiger partial charge in [0, 0.05) is 13.5 Å². The third kappa shape index (κ3) is 10.2. The van der Waals surface area contributed by atoms with Gasteiger partial charge >= 0.3 is 0 Å². The highest BCUT2D eigenvalue weighted by molar-refractivity contribution is 5.85. The molecule has 0 N–H and O–H groups in total. The topological polar surface area (TPSA) is 26.3 Å². The van der Waals surface area contributed by atoms with Gasteiger partial charge < -0.3 is 4.74 Å². The first-order valence-electron chi connectivity index (χ1n) is 9.90. The van der Waals surface area contributed by atoms with E-state index < -0.39 is 0 Å². The third-order valence-corrected chi connectivity index (χ3v) is 4.92. The Bertz CT molecular complexity index is 282. The molecule has 138 valence electrons. The minimum atomic E-state index is -0.242. The van der Waals surface area contributed by atoms with Gasteiger partial charge in [-0.1, -0.05) is 60.3 Å². The van der Waals surface area contributed by atoms with Gasteiger partial charge in [-0.15, -0.1) is 0 Å². The molecule has 23 heavy (non-hydrogen) atoms. The van der Waals surface area contributed by atoms with Crippen molar-refractivity contribution in [1.82, 2.24) is 0 Å². The molecular weight excluding hydrogens is 284 g/mol. The summed E-state index contributed by atoms with van der Waals surface area (Å²) in [5.74, 6) is 1.74. The second-order valence-electron chi connectivity index (χ2n) is 8.17. The summed E-state index contributed by atoms with van der Waals surface area (Å²) in [7, 11) is 1.74. The highest BCUT2D eigenvalue weighted by atomic mass is 16.5. The monoisotopic (exact) mass is 326 g/mol. The maximum Gasteiger partial charge on any atom is 0.141 e. The quantitative estimate of drug-likeness (QED) is 0.324. The van der Waals surface area contributed by atoms with Gasteiger partial charge in [0.1, 0.15) is 5.78 Å². The predicted octanol–water partition coefficient (Wildman–Crippen LogP) is 6.42. The Morgan fingerprint density at radius 1 is 0.913 bits per heavy atom. The van der Waals surface area contributed by atoms with Crippen molar-refractivity contribution in [2.24, 2.45) is 17.3 Å². The van der Waals surface area contributed by atoms with Gasteiger partial charge in [0.15, 0.2) is 0 Å². The van der Waals surface area contributed by atoms with Gasteiger partial charge in [-0.25, -0.2) is 0 Å². The summed E-state index contributed by atoms with van der Waals surface area (Å²) in [5, 5.41) is 0. The predicted molar refractivity (Wildman–Crippen MR) is 101 cm³/mol. The SMILES string of the molecule is CCCCCCCC(=O)C(CCC(C)C)(CCC(C)C)COC. The van der Waals surface area contributed by atoms with Crippen LogP contribution >= 0.6 is 0 Å². The Morgan fingerprint density at radius 2 is 1.43 bits per heavy atom. The molecule has 0 atom stereocenters. The van der Waals surface area contributed by atoms with Crippen LogP contribution in [0.4, 0.5) is 0 Å². The number of ether oxygens (including phenoxy) is 1. The lowest BCUT2D eigenvalue weighted by molar-refractivity contribution is -0.133. The van der Waals surface area contributed by atoms with E-state index in [4.69, 9.17) is 4.74 Å². The van der Waals surface area contributed by atoms with Crippen LogP contribution in [0.3, 0.4) is 0 Å². The number of hydrogen-bond donors (Lipinski definition) is 0. The van der Waals surface area contributed by atoms with Crippen LogP contribution in [0.1, 0.15) is 98.8 Å². The minimum absolute atomic E-state index is 0.242. The summed E-state index contributed by atoms with van der Waals surface area (Å²) in [5.41, 5.74) is -0.242. The Kier molecular flexibility index (Phi) is 12.8. The van der Waals surface area contributed by atoms with E-state index in [1.165, 1.54) is 25.7 Å². The Hall–Kier alpha value is -0.370. The average Bonchev–Trinajstić information content (AvgIpc) is 2.49. The second kappa shape index (κ2) is 13.0. The van der Waals surface area contributed by atoms with E-state index in [9.17, 15) is 4.79 Å². The average molecular weight is 327 g/mol. The van der Waals surface area contributed by atoms with E-state index >= 15 is 0 Å². The molecule has 0 aromatic carbocycles. The van der Waals surface area contributed by atoms with Crippen molar-refractivity contribution >= 4 is 5.78 Å². The number of unbranched alkanes of at least 4 members (excludes halogenated alkanes) is 4. The van der Waals surface area contributed by atoms with Crippen LogP contribution in [-0.4, -0.2) is 19.5 Å². The van der Waals surface area contributed by atoms with Gasteiger partial charge in [0.2, 0.25) is 0 Å². The standard InChI is InChI=1S/C21H42O2/c1-7-8-9-10-11-12-20(22)21(17-23-6,15-13-18(2)3)16-14-19(4)5/h18-19H,7-17H2,1-6H3. The van der Waals surface area contributed by atoms with E-state index in [0.29, 0.717) is 24.2 Å². The summed E-state index contributed by atoms with van der Waals surface area (Å²) in [6, 6.07) is 0. The smallest absolute Gasteiger partial charge is 0.141 e. The maximum atomic E-state index is 13.0. The summed E-state index contributed by atoms with van der Waals surface area (Å²) < 4.78 is 5.52. The lowest BCUT2D eigenvalue weighted by Crippen LogP contribution is -2.36. The van der Waals surface area contributed by atoms with E-state index in [1.807, 2.05) is 0 Å². The van der Waals surface area contributed by atoms with Crippen LogP contribution < -0.4 is 0 Å². The molecule has 0 amide bonds. The van der Waals surface area contributed by atoms with Crippen LogP contribution in [0, 0.1) is 17.3 Å². The molecule has 0 spiro atoms. The lowest BCUT2D eigenvalue weighted by Gasteiger charge is -2.33. The molecular formula is C21H42O2. The van der Waals surface area contributed by atoms with Crippen molar-refractivity contribution in [2.75, 3.05) is 13.7 Å². The van der Waals surface area contributed by atoms with Crippen LogP contribution in [-0.2, 0) is 9.53 Å². The molecule has 2 heteroatoms. The number of hydrogen-bond acceptors (Lipinski definition) is 2. The number of carbonyl (C=O) groups excluding carboxylic acids is 1. The maximum absolute atomic E-state index is 13.0. The summed E-state index contributed by atoms with van der Waals surface area (Å²) in [6.07, 6.45) is 11.0. The van der Waals surface area contributed by atoms with Crippen molar-refractivity contribution in [1.29, 1.82) is 0 Å². The van der Waals surface area contributed by atoms with Gasteiger partial charge in [-0.2, -0.15) is 0 Å². The normalized spacial score (nSPS) is 12.3. The fourth-order valence-electron chi connectivity index (χ4n) is 3.19. The van der Waals surface area contributed by atoms with Crippen molar-refractivity contribution in [3.05, 3.63) is 0 Å². The van der Waals surface area contributed by atoms with Gasteiger partial charge in [-0.05, 0) is 43.9 Å². The number of carbonyl (C=O) groups is 1. The number of rotatable bonds is 15. The molecule has 0 radical (unpaired) electrons. The Balaban J connectivity index is 4.76. The second-order valence-corrected chi connectivity index (χ2v) is 8.17. The zero-order valence-electron chi connectivity index (χ0n) is 16.7. The Morgan fingerprint density at radius 3 is 1.87 bits per heavy atom. The molecule has 0 saturated heterocycles. The molecule has 0 fully saturated rings. The lowest BCUT2D eigenvalue weighted by atomic mass is 9.72. The first-order chi connectivity index (χ1) is 10.9. The molecule has 0 heterocycles. The molecule has 0 aromatic rings. The van der Waals surface area contributed by atoms with Crippen molar-refractivity contribution in [3.8, 4) is 0 Å². The molecule has 0 aliphatic carbocycles. The zero-order chi connectivity index (χ0) is 17.7. The first-order valence-corrected chi connectivity index (χ1v) is 9.90. The van der Waals surface area contributed by atoms with E-state index in [-0.39, 0.29) is 5.41 Å². The number of ketones is 1. The minimum Gasteiger partial charge on any atom is -0.384 e. The van der Waals surface area contributed by atoms with E-state index in [2.05, 4.69) is 34.6 Å². The fraction of sp³-hybridized carbons (Fsp3) is 0.952. The highest BCUT2D eigenvalue weighted by Gasteiger charge is 2.37. The van der Waals surface area contributed by atoms with Crippen LogP contribution in [0.15, 0.2) is 0 Å². The summed E-state index contributed by atoms with van der Waals surface area (Å²) in [4.78, 5) is 13.0. The summed E-state index contributed by atoms with van der Waals surface area (Å²) in [6.45, 7) is 11.8. The van der Waals surface area contributed by atoms with Crippen molar-refractivity contribution in [2.45, 2.75) is 98.8 Å². The molecule has 0 rings (SSSR count). The fourth-order valence-corrected chi connectivity index (χ4v) is 3.19. The largest absolute Gasteiger partial charge is 0.384 e. The van der Waals surface area contributed by atoms with Crippen LogP contribution in [0.25, 0.3) is 0 Å². The molecule has 2 nitrogen and oxygen atoms in total. The van der Waals surface area contributed by atoms with Gasteiger partial charge in [-0.3, -0.25) is 4.79 Å². The molecule has 0 aliphatic rings.